The van der Waals surface area contributed by atoms with Crippen molar-refractivity contribution >= 4 is 17.5 Å². The van der Waals surface area contributed by atoms with E-state index >= 15 is 0 Å². The van der Waals surface area contributed by atoms with Gasteiger partial charge in [-0.15, -0.1) is 0 Å². The van der Waals surface area contributed by atoms with Gasteiger partial charge in [-0.3, -0.25) is 0 Å². The predicted molar refractivity (Wildman–Crippen MR) is 82.1 cm³/mol. The molecule has 1 aromatic rings. The summed E-state index contributed by atoms with van der Waals surface area (Å²) in [6.45, 7) is 7.20. The van der Waals surface area contributed by atoms with Gasteiger partial charge in [0.1, 0.15) is 0 Å². The summed E-state index contributed by atoms with van der Waals surface area (Å²) < 4.78 is 11.3. The number of piperidine rings is 1. The molecule has 0 saturated carbocycles. The van der Waals surface area contributed by atoms with Gasteiger partial charge in [0, 0.05) is 19.7 Å². The number of rotatable bonds is 7. The largest absolute Gasteiger partial charge is 0.463 e. The lowest BCUT2D eigenvalue weighted by Gasteiger charge is -2.32. The van der Waals surface area contributed by atoms with Crippen molar-refractivity contribution in [2.45, 2.75) is 45.6 Å². The van der Waals surface area contributed by atoms with Crippen molar-refractivity contribution in [1.82, 2.24) is 15.0 Å². The van der Waals surface area contributed by atoms with Gasteiger partial charge in [0.15, 0.2) is 0 Å². The lowest BCUT2D eigenvalue weighted by molar-refractivity contribution is 0.0437. The van der Waals surface area contributed by atoms with Crippen molar-refractivity contribution in [1.29, 1.82) is 0 Å². The fraction of sp³-hybridized carbons (Fsp3) is 0.786. The number of aromatic nitrogens is 3. The van der Waals surface area contributed by atoms with Gasteiger partial charge >= 0.3 is 6.01 Å². The molecule has 1 atom stereocenters. The van der Waals surface area contributed by atoms with E-state index in [4.69, 9.17) is 21.1 Å². The Kier molecular flexibility index (Phi) is 6.45. The maximum Gasteiger partial charge on any atom is 0.322 e. The van der Waals surface area contributed by atoms with E-state index in [1.165, 1.54) is 0 Å². The average Bonchev–Trinajstić information content (AvgIpc) is 2.50. The van der Waals surface area contributed by atoms with Crippen LogP contribution >= 0.6 is 11.6 Å². The Bertz CT molecular complexity index is 447. The maximum absolute atomic E-state index is 5.97. The van der Waals surface area contributed by atoms with Crippen molar-refractivity contribution in [3.63, 3.8) is 0 Å². The van der Waals surface area contributed by atoms with E-state index in [0.29, 0.717) is 18.6 Å². The molecule has 1 aromatic heterocycles. The summed E-state index contributed by atoms with van der Waals surface area (Å²) in [5, 5.41) is 0.169. The third kappa shape index (κ3) is 4.97. The first-order chi connectivity index (χ1) is 10.2. The fourth-order valence-corrected chi connectivity index (χ4v) is 2.41. The van der Waals surface area contributed by atoms with Gasteiger partial charge in [-0.25, -0.2) is 0 Å². The number of nitrogens with zero attached hydrogens (tertiary/aromatic N) is 4. The third-order valence-corrected chi connectivity index (χ3v) is 3.40. The van der Waals surface area contributed by atoms with Gasteiger partial charge in [0.2, 0.25) is 11.2 Å². The highest BCUT2D eigenvalue weighted by Gasteiger charge is 2.23. The van der Waals surface area contributed by atoms with Gasteiger partial charge in [-0.05, 0) is 37.3 Å². The Morgan fingerprint density at radius 2 is 2.00 bits per heavy atom. The average molecular weight is 315 g/mol. The highest BCUT2D eigenvalue weighted by Crippen LogP contribution is 2.21. The molecule has 118 valence electrons. The van der Waals surface area contributed by atoms with Crippen LogP contribution in [0.2, 0.25) is 5.28 Å². The highest BCUT2D eigenvalue weighted by atomic mass is 35.5. The molecule has 0 bridgehead atoms. The van der Waals surface area contributed by atoms with E-state index in [0.717, 1.165) is 45.4 Å². The molecule has 1 unspecified atom stereocenters. The molecule has 0 radical (unpaired) electrons. The molecule has 21 heavy (non-hydrogen) atoms. The van der Waals surface area contributed by atoms with Crippen molar-refractivity contribution < 1.29 is 9.47 Å². The molecule has 1 fully saturated rings. The zero-order valence-electron chi connectivity index (χ0n) is 12.7. The van der Waals surface area contributed by atoms with E-state index in [9.17, 15) is 0 Å². The first-order valence-corrected chi connectivity index (χ1v) is 8.01. The van der Waals surface area contributed by atoms with Crippen LogP contribution in [0.25, 0.3) is 0 Å². The molecule has 7 heteroatoms. The fourth-order valence-electron chi connectivity index (χ4n) is 2.26. The van der Waals surface area contributed by atoms with Gasteiger partial charge in [-0.1, -0.05) is 13.8 Å². The van der Waals surface area contributed by atoms with Crippen LogP contribution in [0, 0.1) is 0 Å². The number of hydrogen-bond acceptors (Lipinski definition) is 6. The molecule has 1 saturated heterocycles. The van der Waals surface area contributed by atoms with Crippen molar-refractivity contribution in [3.8, 4) is 6.01 Å². The van der Waals surface area contributed by atoms with E-state index in [1.54, 1.807) is 0 Å². The van der Waals surface area contributed by atoms with Crippen LogP contribution in [0.15, 0.2) is 0 Å². The lowest BCUT2D eigenvalue weighted by atomic mass is 10.1. The zero-order chi connectivity index (χ0) is 15.1. The summed E-state index contributed by atoms with van der Waals surface area (Å²) in [6, 6.07) is 0.295. The summed E-state index contributed by atoms with van der Waals surface area (Å²) in [6.07, 6.45) is 4.30. The van der Waals surface area contributed by atoms with Crippen molar-refractivity contribution in [3.05, 3.63) is 5.28 Å². The molecule has 1 aliphatic heterocycles. The molecular weight excluding hydrogens is 292 g/mol. The van der Waals surface area contributed by atoms with Crippen LogP contribution in [-0.4, -0.2) is 47.4 Å². The van der Waals surface area contributed by atoms with Crippen LogP contribution in [-0.2, 0) is 4.74 Å². The third-order valence-electron chi connectivity index (χ3n) is 3.23. The van der Waals surface area contributed by atoms with E-state index in [2.05, 4.69) is 26.8 Å². The van der Waals surface area contributed by atoms with Crippen LogP contribution in [0.3, 0.4) is 0 Å². The van der Waals surface area contributed by atoms with Crippen LogP contribution < -0.4 is 9.64 Å². The topological polar surface area (TPSA) is 60.4 Å². The molecule has 2 rings (SSSR count). The molecule has 2 heterocycles. The number of hydrogen-bond donors (Lipinski definition) is 0. The summed E-state index contributed by atoms with van der Waals surface area (Å²) in [7, 11) is 0. The van der Waals surface area contributed by atoms with Crippen LogP contribution in [0.4, 0.5) is 5.95 Å². The van der Waals surface area contributed by atoms with Crippen LogP contribution in [0.5, 0.6) is 6.01 Å². The van der Waals surface area contributed by atoms with E-state index < -0.39 is 0 Å². The van der Waals surface area contributed by atoms with E-state index in [1.807, 2.05) is 6.92 Å². The second-order valence-electron chi connectivity index (χ2n) is 5.12. The minimum atomic E-state index is 0.169. The second-order valence-corrected chi connectivity index (χ2v) is 5.45. The Balaban J connectivity index is 2.03. The number of ether oxygens (including phenoxy) is 2. The summed E-state index contributed by atoms with van der Waals surface area (Å²) in [5.41, 5.74) is 0. The van der Waals surface area contributed by atoms with Gasteiger partial charge in [0.25, 0.3) is 0 Å². The summed E-state index contributed by atoms with van der Waals surface area (Å²) >= 11 is 5.97. The smallest absolute Gasteiger partial charge is 0.322 e. The van der Waals surface area contributed by atoms with Gasteiger partial charge in [0.05, 0.1) is 12.7 Å². The van der Waals surface area contributed by atoms with E-state index in [-0.39, 0.29) is 11.4 Å². The maximum atomic E-state index is 5.97. The molecule has 0 aliphatic carbocycles. The van der Waals surface area contributed by atoms with Gasteiger partial charge in [-0.2, -0.15) is 15.0 Å². The molecular formula is C14H23ClN4O2. The monoisotopic (exact) mass is 314 g/mol. The molecule has 6 nitrogen and oxygen atoms in total. The van der Waals surface area contributed by atoms with Crippen molar-refractivity contribution in [2.24, 2.45) is 0 Å². The molecule has 1 aliphatic rings. The number of halogens is 1. The zero-order valence-corrected chi connectivity index (χ0v) is 13.5. The lowest BCUT2D eigenvalue weighted by Crippen LogP contribution is -2.40. The molecule has 0 spiro atoms. The van der Waals surface area contributed by atoms with Crippen LogP contribution in [0.1, 0.15) is 39.5 Å². The standard InChI is InChI=1S/C14H23ClN4O2/c1-3-8-20-11-6-5-7-19(10-11)13-16-12(15)17-14(18-13)21-9-4-2/h11H,3-10H2,1-2H3. The Hall–Kier alpha value is -1.14. The Morgan fingerprint density at radius 3 is 2.76 bits per heavy atom. The Morgan fingerprint density at radius 1 is 1.19 bits per heavy atom. The normalized spacial score (nSPS) is 18.8. The van der Waals surface area contributed by atoms with Gasteiger partial charge < -0.3 is 14.4 Å². The molecule has 0 amide bonds. The Labute approximate surface area is 130 Å². The SMILES string of the molecule is CCCOc1nc(Cl)nc(N2CCCC(OCCC)C2)n1. The molecule has 0 N–H and O–H groups in total. The van der Waals surface area contributed by atoms with Crippen molar-refractivity contribution in [2.75, 3.05) is 31.2 Å². The number of anilines is 1. The quantitative estimate of drug-likeness (QED) is 0.771. The summed E-state index contributed by atoms with van der Waals surface area (Å²) in [4.78, 5) is 14.7. The highest BCUT2D eigenvalue weighted by molar-refractivity contribution is 6.28. The summed E-state index contributed by atoms with van der Waals surface area (Å²) in [5.74, 6) is 0.575. The first kappa shape index (κ1) is 16.2. The molecule has 0 aromatic carbocycles. The minimum Gasteiger partial charge on any atom is -0.463 e. The first-order valence-electron chi connectivity index (χ1n) is 7.63. The predicted octanol–water partition coefficient (Wildman–Crippen LogP) is 2.71. The minimum absolute atomic E-state index is 0.169. The second kappa shape index (κ2) is 8.34.